The molecule has 184 valence electrons. The molecule has 2 fully saturated rings. The van der Waals surface area contributed by atoms with Gasteiger partial charge in [-0.1, -0.05) is 6.07 Å². The van der Waals surface area contributed by atoms with Crippen LogP contribution in [0, 0.1) is 13.8 Å². The summed E-state index contributed by atoms with van der Waals surface area (Å²) in [5, 5.41) is 0. The van der Waals surface area contributed by atoms with Crippen molar-refractivity contribution in [1.29, 1.82) is 0 Å². The molecule has 8 heteroatoms. The lowest BCUT2D eigenvalue weighted by Gasteiger charge is -2.32. The van der Waals surface area contributed by atoms with E-state index >= 15 is 0 Å². The van der Waals surface area contributed by atoms with Gasteiger partial charge in [0.05, 0.1) is 0 Å². The van der Waals surface area contributed by atoms with Crippen LogP contribution >= 0.6 is 0 Å². The van der Waals surface area contributed by atoms with Crippen molar-refractivity contribution in [3.8, 4) is 5.75 Å². The van der Waals surface area contributed by atoms with E-state index in [2.05, 4.69) is 23.5 Å². The van der Waals surface area contributed by atoms with E-state index in [0.717, 1.165) is 24.5 Å². The van der Waals surface area contributed by atoms with Crippen molar-refractivity contribution in [2.45, 2.75) is 52.1 Å². The molecule has 0 spiro atoms. The van der Waals surface area contributed by atoms with E-state index in [1.165, 1.54) is 30.4 Å². The molecule has 1 N–H and O–H groups in total. The highest BCUT2D eigenvalue weighted by molar-refractivity contribution is 7.93. The van der Waals surface area contributed by atoms with Crippen molar-refractivity contribution in [3.05, 3.63) is 53.6 Å². The summed E-state index contributed by atoms with van der Waals surface area (Å²) in [5.41, 5.74) is 3.99. The van der Waals surface area contributed by atoms with Crippen LogP contribution in [0.1, 0.15) is 43.2 Å². The topological polar surface area (TPSA) is 78.9 Å². The van der Waals surface area contributed by atoms with Gasteiger partial charge in [-0.15, -0.1) is 0 Å². The van der Waals surface area contributed by atoms with Gasteiger partial charge >= 0.3 is 0 Å². The van der Waals surface area contributed by atoms with Gasteiger partial charge in [0.25, 0.3) is 0 Å². The Hall–Kier alpha value is -2.74. The Bertz CT molecular complexity index is 1090. The second-order valence-corrected chi connectivity index (χ2v) is 11.1. The molecule has 2 aromatic carbocycles. The summed E-state index contributed by atoms with van der Waals surface area (Å²) in [4.78, 5) is 16.6. The van der Waals surface area contributed by atoms with Crippen LogP contribution in [0.25, 0.3) is 0 Å². The Kier molecular flexibility index (Phi) is 7.66. The Labute approximate surface area is 203 Å². The smallest absolute Gasteiger partial charge is 0.241 e. The van der Waals surface area contributed by atoms with Crippen LogP contribution in [0.4, 0.5) is 11.4 Å². The number of benzene rings is 2. The molecule has 34 heavy (non-hydrogen) atoms. The lowest BCUT2D eigenvalue weighted by Crippen LogP contribution is -2.44. The van der Waals surface area contributed by atoms with Crippen molar-refractivity contribution in [1.82, 2.24) is 4.90 Å². The van der Waals surface area contributed by atoms with Gasteiger partial charge in [-0.25, -0.2) is 8.42 Å². The fourth-order valence-electron chi connectivity index (χ4n) is 4.56. The number of sulfonamides is 1. The van der Waals surface area contributed by atoms with Gasteiger partial charge in [-0.3, -0.25) is 9.52 Å². The van der Waals surface area contributed by atoms with Crippen molar-refractivity contribution < 1.29 is 17.9 Å². The van der Waals surface area contributed by atoms with Crippen LogP contribution in [0.5, 0.6) is 5.75 Å². The minimum atomic E-state index is -3.78. The van der Waals surface area contributed by atoms with Gasteiger partial charge in [-0.2, -0.15) is 0 Å². The van der Waals surface area contributed by atoms with Crippen LogP contribution in [0.3, 0.4) is 0 Å². The third kappa shape index (κ3) is 6.44. The Morgan fingerprint density at radius 2 is 1.62 bits per heavy atom. The second-order valence-electron chi connectivity index (χ2n) is 9.40. The molecule has 2 saturated heterocycles. The third-order valence-corrected chi connectivity index (χ3v) is 7.92. The van der Waals surface area contributed by atoms with Gasteiger partial charge in [0.1, 0.15) is 17.6 Å². The zero-order valence-corrected chi connectivity index (χ0v) is 20.9. The number of piperidine rings is 2. The Morgan fingerprint density at radius 1 is 0.941 bits per heavy atom. The standard InChI is InChI=1S/C26H35N3O4S/c1-20-6-11-25(18-21(20)2)33-24-12-16-29(17-13-24)26(30)19-34(31,32)27-22-7-9-23(10-8-22)28-14-4-3-5-15-28/h6-11,18,24,27H,3-5,12-17,19H2,1-2H3. The first-order chi connectivity index (χ1) is 16.3. The van der Waals surface area contributed by atoms with Crippen LogP contribution in [-0.4, -0.2) is 57.3 Å². The number of amides is 1. The molecule has 0 bridgehead atoms. The average Bonchev–Trinajstić information content (AvgIpc) is 2.82. The molecule has 2 aromatic rings. The number of anilines is 2. The van der Waals surface area contributed by atoms with Gasteiger partial charge in [0.2, 0.25) is 15.9 Å². The van der Waals surface area contributed by atoms with E-state index in [4.69, 9.17) is 4.74 Å². The van der Waals surface area contributed by atoms with Gasteiger partial charge in [0, 0.05) is 50.4 Å². The fourth-order valence-corrected chi connectivity index (χ4v) is 5.64. The monoisotopic (exact) mass is 485 g/mol. The molecule has 0 unspecified atom stereocenters. The maximum absolute atomic E-state index is 12.7. The first kappa shape index (κ1) is 24.4. The normalized spacial score (nSPS) is 17.5. The van der Waals surface area contributed by atoms with Crippen molar-refractivity contribution >= 4 is 27.3 Å². The first-order valence-corrected chi connectivity index (χ1v) is 13.8. The van der Waals surface area contributed by atoms with Gasteiger partial charge in [0.15, 0.2) is 0 Å². The number of likely N-dealkylation sites (tertiary alicyclic amines) is 1. The van der Waals surface area contributed by atoms with E-state index < -0.39 is 15.8 Å². The summed E-state index contributed by atoms with van der Waals surface area (Å²) in [6.45, 7) is 7.18. The Balaban J connectivity index is 1.25. The lowest BCUT2D eigenvalue weighted by atomic mass is 10.1. The van der Waals surface area contributed by atoms with Crippen LogP contribution in [0.15, 0.2) is 42.5 Å². The maximum atomic E-state index is 12.7. The summed E-state index contributed by atoms with van der Waals surface area (Å²) in [6.07, 6.45) is 5.03. The molecule has 1 amide bonds. The number of aryl methyl sites for hydroxylation is 2. The summed E-state index contributed by atoms with van der Waals surface area (Å²) < 4.78 is 33.9. The molecule has 2 aliphatic rings. The molecule has 2 heterocycles. The van der Waals surface area contributed by atoms with Crippen molar-refractivity contribution in [2.75, 3.05) is 41.6 Å². The second kappa shape index (κ2) is 10.7. The molecular weight excluding hydrogens is 450 g/mol. The number of hydrogen-bond donors (Lipinski definition) is 1. The van der Waals surface area contributed by atoms with E-state index in [-0.39, 0.29) is 12.0 Å². The number of rotatable bonds is 7. The van der Waals surface area contributed by atoms with E-state index in [1.807, 2.05) is 30.3 Å². The number of nitrogens with one attached hydrogen (secondary N) is 1. The summed E-state index contributed by atoms with van der Waals surface area (Å²) in [7, 11) is -3.78. The lowest BCUT2D eigenvalue weighted by molar-refractivity contribution is -0.130. The average molecular weight is 486 g/mol. The molecule has 0 saturated carbocycles. The molecule has 7 nitrogen and oxygen atoms in total. The van der Waals surface area contributed by atoms with Gasteiger partial charge < -0.3 is 14.5 Å². The summed E-state index contributed by atoms with van der Waals surface area (Å²) in [5.74, 6) is -0.0863. The summed E-state index contributed by atoms with van der Waals surface area (Å²) in [6, 6.07) is 13.4. The van der Waals surface area contributed by atoms with Gasteiger partial charge in [-0.05, 0) is 80.6 Å². The van der Waals surface area contributed by atoms with E-state index in [9.17, 15) is 13.2 Å². The number of carbonyl (C=O) groups is 1. The van der Waals surface area contributed by atoms with E-state index in [1.54, 1.807) is 17.0 Å². The minimum Gasteiger partial charge on any atom is -0.490 e. The quantitative estimate of drug-likeness (QED) is 0.639. The summed E-state index contributed by atoms with van der Waals surface area (Å²) >= 11 is 0. The molecule has 0 aromatic heterocycles. The largest absolute Gasteiger partial charge is 0.490 e. The number of hydrogen-bond acceptors (Lipinski definition) is 5. The number of nitrogens with zero attached hydrogens (tertiary/aromatic N) is 2. The number of carbonyl (C=O) groups excluding carboxylic acids is 1. The third-order valence-electron chi connectivity index (χ3n) is 6.75. The number of ether oxygens (including phenoxy) is 1. The highest BCUT2D eigenvalue weighted by Crippen LogP contribution is 2.24. The van der Waals surface area contributed by atoms with Crippen LogP contribution in [-0.2, 0) is 14.8 Å². The Morgan fingerprint density at radius 3 is 2.26 bits per heavy atom. The zero-order chi connectivity index (χ0) is 24.1. The molecular formula is C26H35N3O4S. The SMILES string of the molecule is Cc1ccc(OC2CCN(C(=O)CS(=O)(=O)Nc3ccc(N4CCCCC4)cc3)CC2)cc1C. The fraction of sp³-hybridized carbons (Fsp3) is 0.500. The van der Waals surface area contributed by atoms with Crippen LogP contribution in [0.2, 0.25) is 0 Å². The predicted octanol–water partition coefficient (Wildman–Crippen LogP) is 4.11. The molecule has 2 aliphatic heterocycles. The zero-order valence-electron chi connectivity index (χ0n) is 20.1. The maximum Gasteiger partial charge on any atom is 0.241 e. The van der Waals surface area contributed by atoms with E-state index in [0.29, 0.717) is 31.6 Å². The highest BCUT2D eigenvalue weighted by Gasteiger charge is 2.27. The first-order valence-electron chi connectivity index (χ1n) is 12.2. The molecule has 0 radical (unpaired) electrons. The highest BCUT2D eigenvalue weighted by atomic mass is 32.2. The van der Waals surface area contributed by atoms with Crippen molar-refractivity contribution in [3.63, 3.8) is 0 Å². The molecule has 0 aliphatic carbocycles. The molecule has 0 atom stereocenters. The van der Waals surface area contributed by atoms with Crippen LogP contribution < -0.4 is 14.4 Å². The molecule has 4 rings (SSSR count). The minimum absolute atomic E-state index is 0.0271. The predicted molar refractivity (Wildman–Crippen MR) is 136 cm³/mol. The van der Waals surface area contributed by atoms with Crippen molar-refractivity contribution in [2.24, 2.45) is 0 Å².